The van der Waals surface area contributed by atoms with E-state index >= 15 is 0 Å². The van der Waals surface area contributed by atoms with Crippen LogP contribution in [0.3, 0.4) is 0 Å². The van der Waals surface area contributed by atoms with Gasteiger partial charge >= 0.3 is 0 Å². The summed E-state index contributed by atoms with van der Waals surface area (Å²) in [7, 11) is 0. The number of aromatic nitrogens is 5. The first kappa shape index (κ1) is 26.1. The Labute approximate surface area is 230 Å². The quantitative estimate of drug-likeness (QED) is 0.281. The lowest BCUT2D eigenvalue weighted by Crippen LogP contribution is -2.40. The third-order valence-corrected chi connectivity index (χ3v) is 7.75. The van der Waals surface area contributed by atoms with E-state index in [9.17, 15) is 4.79 Å². The summed E-state index contributed by atoms with van der Waals surface area (Å²) in [6, 6.07) is 11.4. The zero-order valence-electron chi connectivity index (χ0n) is 21.5. The van der Waals surface area contributed by atoms with Crippen molar-refractivity contribution in [1.29, 1.82) is 0 Å². The number of ether oxygens (including phenoxy) is 1. The first-order chi connectivity index (χ1) is 18.5. The molecule has 0 aromatic carbocycles. The molecule has 4 aromatic heterocycles. The smallest absolute Gasteiger partial charge is 0.225 e. The zero-order chi connectivity index (χ0) is 26.5. The third kappa shape index (κ3) is 6.28. The molecule has 38 heavy (non-hydrogen) atoms. The fourth-order valence-corrected chi connectivity index (χ4v) is 5.57. The van der Waals surface area contributed by atoms with Crippen LogP contribution in [0.4, 0.5) is 10.9 Å². The average molecular weight is 548 g/mol. The number of pyridine rings is 3. The molecule has 0 unspecified atom stereocenters. The highest BCUT2D eigenvalue weighted by Gasteiger charge is 2.27. The van der Waals surface area contributed by atoms with Crippen LogP contribution < -0.4 is 10.1 Å². The number of hydrogen-bond acceptors (Lipinski definition) is 10. The lowest BCUT2D eigenvalue weighted by molar-refractivity contribution is -0.135. The molecule has 0 radical (unpaired) electrons. The number of nitrogens with one attached hydrogen (secondary N) is 1. The SMILES string of the molecule is Cc1ncccc1Oc1cc(Sc2ccccn2)cnc1Nc1nc(C2CCN(C(=O)C(C)C)CC2)ns1. The summed E-state index contributed by atoms with van der Waals surface area (Å²) < 4.78 is 10.9. The molecule has 1 N–H and O–H groups in total. The van der Waals surface area contributed by atoms with E-state index in [1.165, 1.54) is 23.3 Å². The minimum atomic E-state index is 0.0212. The van der Waals surface area contributed by atoms with Crippen molar-refractivity contribution in [2.75, 3.05) is 18.4 Å². The normalized spacial score (nSPS) is 14.1. The average Bonchev–Trinajstić information content (AvgIpc) is 3.40. The largest absolute Gasteiger partial charge is 0.452 e. The Morgan fingerprint density at radius 3 is 2.66 bits per heavy atom. The maximum absolute atomic E-state index is 12.3. The highest BCUT2D eigenvalue weighted by Crippen LogP contribution is 2.37. The molecule has 11 heteroatoms. The lowest BCUT2D eigenvalue weighted by atomic mass is 9.95. The van der Waals surface area contributed by atoms with Gasteiger partial charge in [-0.05, 0) is 44.0 Å². The third-order valence-electron chi connectivity index (χ3n) is 6.20. The van der Waals surface area contributed by atoms with E-state index in [-0.39, 0.29) is 17.7 Å². The molecule has 196 valence electrons. The summed E-state index contributed by atoms with van der Waals surface area (Å²) in [5.74, 6) is 3.02. The predicted octanol–water partition coefficient (Wildman–Crippen LogP) is 6.08. The van der Waals surface area contributed by atoms with Crippen LogP contribution in [-0.2, 0) is 4.79 Å². The minimum absolute atomic E-state index is 0.0212. The van der Waals surface area contributed by atoms with E-state index < -0.39 is 0 Å². The van der Waals surface area contributed by atoms with Crippen LogP contribution in [-0.4, -0.2) is 48.2 Å². The van der Waals surface area contributed by atoms with Crippen molar-refractivity contribution < 1.29 is 9.53 Å². The predicted molar refractivity (Wildman–Crippen MR) is 148 cm³/mol. The number of aryl methyl sites for hydroxylation is 1. The maximum atomic E-state index is 12.3. The summed E-state index contributed by atoms with van der Waals surface area (Å²) in [5, 5.41) is 4.82. The maximum Gasteiger partial charge on any atom is 0.225 e. The zero-order valence-corrected chi connectivity index (χ0v) is 23.1. The van der Waals surface area contributed by atoms with Gasteiger partial charge in [0.2, 0.25) is 11.0 Å². The van der Waals surface area contributed by atoms with Crippen LogP contribution in [0.2, 0.25) is 0 Å². The monoisotopic (exact) mass is 547 g/mol. The number of carbonyl (C=O) groups is 1. The summed E-state index contributed by atoms with van der Waals surface area (Å²) >= 11 is 2.81. The van der Waals surface area contributed by atoms with E-state index in [0.29, 0.717) is 22.4 Å². The Morgan fingerprint density at radius 2 is 1.92 bits per heavy atom. The summed E-state index contributed by atoms with van der Waals surface area (Å²) in [6.07, 6.45) is 7.01. The molecule has 9 nitrogen and oxygen atoms in total. The molecule has 5 heterocycles. The van der Waals surface area contributed by atoms with Crippen molar-refractivity contribution in [3.05, 3.63) is 66.5 Å². The van der Waals surface area contributed by atoms with Crippen LogP contribution >= 0.6 is 23.3 Å². The van der Waals surface area contributed by atoms with Crippen LogP contribution in [0, 0.1) is 12.8 Å². The second-order valence-electron chi connectivity index (χ2n) is 9.31. The van der Waals surface area contributed by atoms with Crippen LogP contribution in [0.25, 0.3) is 0 Å². The van der Waals surface area contributed by atoms with Gasteiger partial charge in [-0.15, -0.1) is 0 Å². The van der Waals surface area contributed by atoms with Gasteiger partial charge in [0.1, 0.15) is 16.6 Å². The molecular weight excluding hydrogens is 518 g/mol. The molecule has 1 saturated heterocycles. The molecule has 0 bridgehead atoms. The Balaban J connectivity index is 1.33. The van der Waals surface area contributed by atoms with Gasteiger partial charge in [0.05, 0.1) is 5.69 Å². The fourth-order valence-electron chi connectivity index (χ4n) is 4.15. The van der Waals surface area contributed by atoms with Gasteiger partial charge in [-0.1, -0.05) is 31.7 Å². The first-order valence-corrected chi connectivity index (χ1v) is 14.1. The number of anilines is 2. The van der Waals surface area contributed by atoms with Crippen LogP contribution in [0.15, 0.2) is 64.9 Å². The van der Waals surface area contributed by atoms with Crippen molar-refractivity contribution in [3.63, 3.8) is 0 Å². The summed E-state index contributed by atoms with van der Waals surface area (Å²) in [6.45, 7) is 7.27. The van der Waals surface area contributed by atoms with E-state index in [1.807, 2.05) is 62.1 Å². The van der Waals surface area contributed by atoms with E-state index in [0.717, 1.165) is 47.4 Å². The van der Waals surface area contributed by atoms with Crippen molar-refractivity contribution in [2.45, 2.75) is 49.5 Å². The number of carbonyl (C=O) groups excluding carboxylic acids is 1. The molecule has 1 amide bonds. The van der Waals surface area contributed by atoms with Gasteiger partial charge in [-0.25, -0.2) is 15.0 Å². The Kier molecular flexibility index (Phi) is 8.14. The van der Waals surface area contributed by atoms with Gasteiger partial charge in [0.15, 0.2) is 11.6 Å². The second-order valence-corrected chi connectivity index (χ2v) is 11.2. The van der Waals surface area contributed by atoms with Crippen molar-refractivity contribution in [2.24, 2.45) is 5.92 Å². The number of rotatable bonds is 8. The number of amides is 1. The number of likely N-dealkylation sites (tertiary alicyclic amines) is 1. The summed E-state index contributed by atoms with van der Waals surface area (Å²) in [4.78, 5) is 33.3. The Bertz CT molecular complexity index is 1390. The molecule has 5 rings (SSSR count). The van der Waals surface area contributed by atoms with E-state index in [2.05, 4.69) is 24.6 Å². The van der Waals surface area contributed by atoms with E-state index in [1.54, 1.807) is 18.6 Å². The highest BCUT2D eigenvalue weighted by atomic mass is 32.2. The van der Waals surface area contributed by atoms with Gasteiger partial charge < -0.3 is 15.0 Å². The van der Waals surface area contributed by atoms with Crippen LogP contribution in [0.5, 0.6) is 11.5 Å². The van der Waals surface area contributed by atoms with Crippen LogP contribution in [0.1, 0.15) is 44.1 Å². The van der Waals surface area contributed by atoms with Crippen molar-refractivity contribution in [1.82, 2.24) is 29.2 Å². The molecule has 0 aliphatic carbocycles. The fraction of sp³-hybridized carbons (Fsp3) is 0.333. The molecule has 1 aliphatic rings. The van der Waals surface area contributed by atoms with Crippen molar-refractivity contribution >= 4 is 40.2 Å². The minimum Gasteiger partial charge on any atom is -0.452 e. The van der Waals surface area contributed by atoms with Gasteiger partial charge in [0.25, 0.3) is 0 Å². The Morgan fingerprint density at radius 1 is 1.11 bits per heavy atom. The topological polar surface area (TPSA) is 106 Å². The Hall–Kier alpha value is -3.57. The van der Waals surface area contributed by atoms with Gasteiger partial charge in [-0.2, -0.15) is 4.37 Å². The standard InChI is InChI=1S/C27H29N7O2S2/c1-17(2)26(35)34-13-9-19(10-14-34)24-31-27(38-33-24)32-25-22(36-21-7-6-12-28-18(21)3)15-20(16-30-25)37-23-8-4-5-11-29-23/h4-8,11-12,15-17,19H,9-10,13-14H2,1-3H3,(H,30,31,32,33). The second kappa shape index (κ2) is 11.9. The number of hydrogen-bond donors (Lipinski definition) is 1. The lowest BCUT2D eigenvalue weighted by Gasteiger charge is -2.32. The van der Waals surface area contributed by atoms with Gasteiger partial charge in [0, 0.05) is 66.0 Å². The molecule has 0 spiro atoms. The molecule has 1 aliphatic heterocycles. The van der Waals surface area contributed by atoms with E-state index in [4.69, 9.17) is 9.72 Å². The molecule has 0 saturated carbocycles. The van der Waals surface area contributed by atoms with Gasteiger partial charge in [-0.3, -0.25) is 9.78 Å². The molecular formula is C27H29N7O2S2. The highest BCUT2D eigenvalue weighted by molar-refractivity contribution is 7.99. The molecule has 4 aromatic rings. The molecule has 0 atom stereocenters. The first-order valence-electron chi connectivity index (χ1n) is 12.5. The number of piperidine rings is 1. The van der Waals surface area contributed by atoms with Crippen molar-refractivity contribution in [3.8, 4) is 11.5 Å². The number of nitrogens with zero attached hydrogens (tertiary/aromatic N) is 6. The molecule has 1 fully saturated rings. The summed E-state index contributed by atoms with van der Waals surface area (Å²) in [5.41, 5.74) is 0.779.